The van der Waals surface area contributed by atoms with Gasteiger partial charge in [-0.15, -0.1) is 0 Å². The van der Waals surface area contributed by atoms with Crippen LogP contribution < -0.4 is 9.62 Å². The number of nitrogens with zero attached hydrogens (tertiary/aromatic N) is 7. The van der Waals surface area contributed by atoms with Crippen LogP contribution in [0.4, 0.5) is 10.6 Å². The van der Waals surface area contributed by atoms with E-state index >= 15 is 0 Å². The van der Waals surface area contributed by atoms with Crippen molar-refractivity contribution in [1.29, 1.82) is 5.26 Å². The molecule has 0 bridgehead atoms. The minimum Gasteiger partial charge on any atom is -0.443 e. The number of rotatable bonds is 2. The molecular formula is C20H26N8O4S. The molecule has 0 aliphatic carbocycles. The summed E-state index contributed by atoms with van der Waals surface area (Å²) in [7, 11) is -2.20. The molecule has 2 saturated heterocycles. The molecule has 2 aromatic rings. The van der Waals surface area contributed by atoms with Crippen molar-refractivity contribution in [2.45, 2.75) is 44.8 Å². The summed E-state index contributed by atoms with van der Waals surface area (Å²) in [6.07, 6.45) is 4.98. The maximum absolute atomic E-state index is 12.6. The molecule has 4 rings (SSSR count). The second kappa shape index (κ2) is 7.96. The van der Waals surface area contributed by atoms with Crippen molar-refractivity contribution in [2.24, 2.45) is 7.05 Å². The van der Waals surface area contributed by atoms with Gasteiger partial charge in [0.25, 0.3) is 0 Å². The maximum Gasteiger partial charge on any atom is 0.425 e. The molecule has 4 heterocycles. The molecule has 0 unspecified atom stereocenters. The average Bonchev–Trinajstić information content (AvgIpc) is 3.27. The zero-order valence-corrected chi connectivity index (χ0v) is 19.8. The molecule has 0 saturated carbocycles. The Morgan fingerprint density at radius 1 is 1.27 bits per heavy atom. The molecule has 1 amide bonds. The fourth-order valence-electron chi connectivity index (χ4n) is 3.98. The van der Waals surface area contributed by atoms with Gasteiger partial charge in [0.05, 0.1) is 24.5 Å². The number of nitriles is 1. The maximum atomic E-state index is 12.6. The van der Waals surface area contributed by atoms with E-state index in [0.717, 1.165) is 4.31 Å². The largest absolute Gasteiger partial charge is 0.443 e. The number of anilines is 1. The van der Waals surface area contributed by atoms with Crippen molar-refractivity contribution in [1.82, 2.24) is 28.8 Å². The van der Waals surface area contributed by atoms with Crippen LogP contribution in [0, 0.1) is 11.3 Å². The summed E-state index contributed by atoms with van der Waals surface area (Å²) in [5, 5.41) is 13.5. The number of aromatic nitrogens is 4. The summed E-state index contributed by atoms with van der Waals surface area (Å²) in [5.74, 6) is 0.590. The van der Waals surface area contributed by atoms with Crippen molar-refractivity contribution in [3.05, 3.63) is 24.3 Å². The molecule has 12 nitrogen and oxygen atoms in total. The molecular weight excluding hydrogens is 448 g/mol. The molecule has 2 aliphatic rings. The number of carbonyl (C=O) groups is 1. The number of hydrogen-bond acceptors (Lipinski definition) is 9. The highest BCUT2D eigenvalue weighted by atomic mass is 32.2. The van der Waals surface area contributed by atoms with Crippen LogP contribution in [0.5, 0.6) is 0 Å². The lowest BCUT2D eigenvalue weighted by Crippen LogP contribution is -2.52. The van der Waals surface area contributed by atoms with Crippen LogP contribution in [0.3, 0.4) is 0 Å². The first-order valence-electron chi connectivity index (χ1n) is 10.5. The zero-order valence-electron chi connectivity index (χ0n) is 18.9. The van der Waals surface area contributed by atoms with Crippen molar-refractivity contribution in [3.8, 4) is 17.3 Å². The Balaban J connectivity index is 1.50. The van der Waals surface area contributed by atoms with Gasteiger partial charge in [-0.1, -0.05) is 0 Å². The lowest BCUT2D eigenvalue weighted by Gasteiger charge is -2.38. The fraction of sp³-hybridized carbons (Fsp3) is 0.550. The molecule has 2 fully saturated rings. The highest BCUT2D eigenvalue weighted by Gasteiger charge is 2.51. The summed E-state index contributed by atoms with van der Waals surface area (Å²) in [4.78, 5) is 23.3. The van der Waals surface area contributed by atoms with E-state index in [4.69, 9.17) is 4.74 Å². The SMILES string of the molecule is Cn1cc(-c2nc(N3CCC4(CC3)CN(C(=O)OC(C)(C)C)S(=O)(=O)N4)cnc2C#N)cn1. The Morgan fingerprint density at radius 3 is 2.55 bits per heavy atom. The molecule has 33 heavy (non-hydrogen) atoms. The number of hydrogen-bond donors (Lipinski definition) is 1. The zero-order chi connectivity index (χ0) is 24.0. The lowest BCUT2D eigenvalue weighted by molar-refractivity contribution is 0.0381. The van der Waals surface area contributed by atoms with E-state index in [1.807, 2.05) is 4.90 Å². The number of piperidine rings is 1. The van der Waals surface area contributed by atoms with Gasteiger partial charge in [0.2, 0.25) is 0 Å². The van der Waals surface area contributed by atoms with Crippen LogP contribution in [0.15, 0.2) is 18.6 Å². The van der Waals surface area contributed by atoms with Crippen LogP contribution >= 0.6 is 0 Å². The molecule has 0 atom stereocenters. The highest BCUT2D eigenvalue weighted by Crippen LogP contribution is 2.33. The Hall–Kier alpha value is -3.24. The number of amides is 1. The minimum atomic E-state index is -3.98. The topological polar surface area (TPSA) is 146 Å². The van der Waals surface area contributed by atoms with Gasteiger partial charge >= 0.3 is 16.3 Å². The smallest absolute Gasteiger partial charge is 0.425 e. The van der Waals surface area contributed by atoms with Gasteiger partial charge < -0.3 is 9.64 Å². The first-order valence-corrected chi connectivity index (χ1v) is 11.9. The third kappa shape index (κ3) is 4.62. The first kappa shape index (κ1) is 22.9. The Labute approximate surface area is 192 Å². The van der Waals surface area contributed by atoms with Gasteiger partial charge in [0, 0.05) is 31.9 Å². The number of carbonyl (C=O) groups excluding carboxylic acids is 1. The highest BCUT2D eigenvalue weighted by molar-refractivity contribution is 7.88. The summed E-state index contributed by atoms with van der Waals surface area (Å²) < 4.78 is 35.6. The van der Waals surface area contributed by atoms with E-state index in [-0.39, 0.29) is 12.2 Å². The van der Waals surface area contributed by atoms with E-state index in [0.29, 0.717) is 43.0 Å². The second-order valence-electron chi connectivity index (χ2n) is 9.30. The van der Waals surface area contributed by atoms with E-state index in [9.17, 15) is 18.5 Å². The fourth-order valence-corrected chi connectivity index (χ4v) is 5.56. The van der Waals surface area contributed by atoms with Crippen molar-refractivity contribution in [3.63, 3.8) is 0 Å². The third-order valence-corrected chi connectivity index (χ3v) is 7.12. The lowest BCUT2D eigenvalue weighted by atomic mass is 9.88. The van der Waals surface area contributed by atoms with Gasteiger partial charge in [-0.05, 0) is 33.6 Å². The summed E-state index contributed by atoms with van der Waals surface area (Å²) >= 11 is 0. The molecule has 176 valence electrons. The Bertz CT molecular complexity index is 1220. The second-order valence-corrected chi connectivity index (χ2v) is 10.9. The van der Waals surface area contributed by atoms with Gasteiger partial charge in [0.1, 0.15) is 23.2 Å². The molecule has 1 N–H and O–H groups in total. The average molecular weight is 475 g/mol. The third-order valence-electron chi connectivity index (χ3n) is 5.57. The van der Waals surface area contributed by atoms with E-state index in [1.165, 1.54) is 0 Å². The molecule has 1 spiro atoms. The molecule has 2 aromatic heterocycles. The van der Waals surface area contributed by atoms with Crippen LogP contribution in [0.2, 0.25) is 0 Å². The van der Waals surface area contributed by atoms with Crippen LogP contribution in [0.25, 0.3) is 11.3 Å². The van der Waals surface area contributed by atoms with E-state index in [2.05, 4.69) is 25.9 Å². The molecule has 0 aromatic carbocycles. The minimum absolute atomic E-state index is 0.0120. The molecule has 2 aliphatic heterocycles. The predicted molar refractivity (Wildman–Crippen MR) is 118 cm³/mol. The standard InChI is InChI=1S/C20H26N8O4S/c1-19(2,3)32-18(29)28-13-20(25-33(28,30)31)5-7-27(8-6-20)16-11-22-15(9-21)17(24-16)14-10-23-26(4)12-14/h10-12,25H,5-8,13H2,1-4H3. The number of nitrogens with one attached hydrogen (secondary N) is 1. The summed E-state index contributed by atoms with van der Waals surface area (Å²) in [6, 6.07) is 2.06. The Morgan fingerprint density at radius 2 is 1.97 bits per heavy atom. The molecule has 0 radical (unpaired) electrons. The monoisotopic (exact) mass is 474 g/mol. The van der Waals surface area contributed by atoms with Gasteiger partial charge in [-0.3, -0.25) is 4.68 Å². The normalized spacial score (nSPS) is 19.5. The quantitative estimate of drug-likeness (QED) is 0.677. The van der Waals surface area contributed by atoms with Crippen LogP contribution in [-0.4, -0.2) is 69.3 Å². The number of ether oxygens (including phenoxy) is 1. The van der Waals surface area contributed by atoms with Crippen molar-refractivity contribution >= 4 is 22.1 Å². The van der Waals surface area contributed by atoms with Gasteiger partial charge in [-0.2, -0.15) is 27.8 Å². The van der Waals surface area contributed by atoms with Crippen LogP contribution in [-0.2, 0) is 22.0 Å². The predicted octanol–water partition coefficient (Wildman–Crippen LogP) is 1.17. The van der Waals surface area contributed by atoms with E-state index < -0.39 is 27.4 Å². The van der Waals surface area contributed by atoms with Crippen molar-refractivity contribution < 1.29 is 17.9 Å². The van der Waals surface area contributed by atoms with Gasteiger partial charge in [0.15, 0.2) is 5.69 Å². The molecule has 13 heteroatoms. The van der Waals surface area contributed by atoms with Crippen LogP contribution in [0.1, 0.15) is 39.3 Å². The van der Waals surface area contributed by atoms with E-state index in [1.54, 1.807) is 51.1 Å². The van der Waals surface area contributed by atoms with Crippen molar-refractivity contribution in [2.75, 3.05) is 24.5 Å². The summed E-state index contributed by atoms with van der Waals surface area (Å²) in [5.41, 5.74) is -0.226. The first-order chi connectivity index (χ1) is 15.4. The number of aryl methyl sites for hydroxylation is 1. The summed E-state index contributed by atoms with van der Waals surface area (Å²) in [6.45, 7) is 6.07. The Kier molecular flexibility index (Phi) is 5.53. The van der Waals surface area contributed by atoms with Gasteiger partial charge in [-0.25, -0.2) is 14.8 Å².